The van der Waals surface area contributed by atoms with Gasteiger partial charge in [0.25, 0.3) is 5.91 Å². The number of carbonyl (C=O) groups is 2. The van der Waals surface area contributed by atoms with Gasteiger partial charge in [0.15, 0.2) is 0 Å². The summed E-state index contributed by atoms with van der Waals surface area (Å²) in [5.41, 5.74) is 0.769. The van der Waals surface area contributed by atoms with Crippen molar-refractivity contribution in [3.05, 3.63) is 18.2 Å². The summed E-state index contributed by atoms with van der Waals surface area (Å²) in [6.45, 7) is 2.39. The summed E-state index contributed by atoms with van der Waals surface area (Å²) < 4.78 is 30.3. The van der Waals surface area contributed by atoms with Crippen LogP contribution in [0.4, 0.5) is 16.2 Å². The SMILES string of the molecule is COc1ccc(NC(C)C(=O)N2CCNC2=O)cc1NS(C)(=O)=O. The van der Waals surface area contributed by atoms with E-state index >= 15 is 0 Å². The van der Waals surface area contributed by atoms with Gasteiger partial charge < -0.3 is 15.4 Å². The maximum Gasteiger partial charge on any atom is 0.324 e. The maximum absolute atomic E-state index is 12.3. The summed E-state index contributed by atoms with van der Waals surface area (Å²) in [4.78, 5) is 24.9. The lowest BCUT2D eigenvalue weighted by Crippen LogP contribution is -2.43. The fourth-order valence-electron chi connectivity index (χ4n) is 2.30. The molecule has 0 radical (unpaired) electrons. The molecule has 0 saturated carbocycles. The van der Waals surface area contributed by atoms with Crippen molar-refractivity contribution in [3.63, 3.8) is 0 Å². The molecule has 1 aromatic rings. The van der Waals surface area contributed by atoms with E-state index in [2.05, 4.69) is 15.4 Å². The molecule has 0 aromatic heterocycles. The molecule has 1 aliphatic rings. The molecule has 9 nitrogen and oxygen atoms in total. The molecule has 3 N–H and O–H groups in total. The molecule has 0 bridgehead atoms. The molecule has 132 valence electrons. The molecule has 24 heavy (non-hydrogen) atoms. The van der Waals surface area contributed by atoms with Crippen LogP contribution >= 0.6 is 0 Å². The second-order valence-electron chi connectivity index (χ2n) is 5.38. The Kier molecular flexibility index (Phi) is 5.17. The number of hydrogen-bond acceptors (Lipinski definition) is 6. The van der Waals surface area contributed by atoms with E-state index < -0.39 is 22.1 Å². The molecule has 3 amide bonds. The lowest BCUT2D eigenvalue weighted by Gasteiger charge is -2.20. The van der Waals surface area contributed by atoms with Crippen molar-refractivity contribution in [3.8, 4) is 5.75 Å². The van der Waals surface area contributed by atoms with Crippen LogP contribution in [0.5, 0.6) is 5.75 Å². The van der Waals surface area contributed by atoms with Gasteiger partial charge in [0.05, 0.1) is 19.1 Å². The summed E-state index contributed by atoms with van der Waals surface area (Å²) in [5, 5.41) is 5.52. The van der Waals surface area contributed by atoms with E-state index in [1.165, 1.54) is 13.2 Å². The predicted molar refractivity (Wildman–Crippen MR) is 89.7 cm³/mol. The Labute approximate surface area is 140 Å². The number of imide groups is 1. The van der Waals surface area contributed by atoms with Gasteiger partial charge in [-0.2, -0.15) is 0 Å². The van der Waals surface area contributed by atoms with Gasteiger partial charge in [-0.3, -0.25) is 14.4 Å². The second kappa shape index (κ2) is 6.95. The van der Waals surface area contributed by atoms with Crippen LogP contribution in [-0.2, 0) is 14.8 Å². The quantitative estimate of drug-likeness (QED) is 0.680. The third-order valence-corrected chi connectivity index (χ3v) is 3.96. The first-order valence-corrected chi connectivity index (χ1v) is 9.12. The molecule has 1 aliphatic heterocycles. The van der Waals surface area contributed by atoms with Crippen molar-refractivity contribution in [2.24, 2.45) is 0 Å². The predicted octanol–water partition coefficient (Wildman–Crippen LogP) is 0.419. The summed E-state index contributed by atoms with van der Waals surface area (Å²) >= 11 is 0. The fraction of sp³-hybridized carbons (Fsp3) is 0.429. The standard InChI is InChI=1S/C14H20N4O5S/c1-9(13(19)18-7-6-15-14(18)20)16-10-4-5-12(23-2)11(8-10)17-24(3,21)22/h4-5,8-9,16-17H,6-7H2,1-3H3,(H,15,20). The molecular formula is C14H20N4O5S. The monoisotopic (exact) mass is 356 g/mol. The molecule has 0 spiro atoms. The lowest BCUT2D eigenvalue weighted by atomic mass is 10.2. The van der Waals surface area contributed by atoms with Gasteiger partial charge in [0, 0.05) is 18.8 Å². The van der Waals surface area contributed by atoms with Crippen LogP contribution in [0.25, 0.3) is 0 Å². The number of methoxy groups -OCH3 is 1. The Morgan fingerprint density at radius 1 is 1.42 bits per heavy atom. The molecule has 1 heterocycles. The molecule has 1 unspecified atom stereocenters. The highest BCUT2D eigenvalue weighted by molar-refractivity contribution is 7.92. The lowest BCUT2D eigenvalue weighted by molar-refractivity contribution is -0.128. The maximum atomic E-state index is 12.3. The van der Waals surface area contributed by atoms with Crippen molar-refractivity contribution in [2.45, 2.75) is 13.0 Å². The van der Waals surface area contributed by atoms with Gasteiger partial charge in [0.2, 0.25) is 10.0 Å². The average Bonchev–Trinajstić information content (AvgIpc) is 2.91. The summed E-state index contributed by atoms with van der Waals surface area (Å²) in [7, 11) is -2.05. The second-order valence-corrected chi connectivity index (χ2v) is 7.13. The fourth-order valence-corrected chi connectivity index (χ4v) is 2.86. The first kappa shape index (κ1) is 17.9. The zero-order valence-electron chi connectivity index (χ0n) is 13.6. The molecule has 1 fully saturated rings. The summed E-state index contributed by atoms with van der Waals surface area (Å²) in [6, 6.07) is 3.68. The van der Waals surface area contributed by atoms with Crippen molar-refractivity contribution in [1.29, 1.82) is 0 Å². The minimum Gasteiger partial charge on any atom is -0.495 e. The number of anilines is 2. The largest absolute Gasteiger partial charge is 0.495 e. The van der Waals surface area contributed by atoms with E-state index in [9.17, 15) is 18.0 Å². The number of sulfonamides is 1. The van der Waals surface area contributed by atoms with Crippen LogP contribution in [-0.4, -0.2) is 57.8 Å². The van der Waals surface area contributed by atoms with Gasteiger partial charge >= 0.3 is 6.03 Å². The number of hydrogen-bond donors (Lipinski definition) is 3. The molecular weight excluding hydrogens is 336 g/mol. The molecule has 2 rings (SSSR count). The van der Waals surface area contributed by atoms with E-state index in [1.54, 1.807) is 19.1 Å². The molecule has 0 aliphatic carbocycles. The highest BCUT2D eigenvalue weighted by Gasteiger charge is 2.29. The first-order valence-electron chi connectivity index (χ1n) is 7.23. The topological polar surface area (TPSA) is 117 Å². The number of rotatable bonds is 6. The smallest absolute Gasteiger partial charge is 0.324 e. The van der Waals surface area contributed by atoms with E-state index in [-0.39, 0.29) is 11.6 Å². The highest BCUT2D eigenvalue weighted by atomic mass is 32.2. The number of ether oxygens (including phenoxy) is 1. The third kappa shape index (κ3) is 4.28. The Morgan fingerprint density at radius 2 is 2.12 bits per heavy atom. The molecule has 1 aromatic carbocycles. The van der Waals surface area contributed by atoms with E-state index in [0.717, 1.165) is 11.2 Å². The van der Waals surface area contributed by atoms with Crippen LogP contribution < -0.4 is 20.1 Å². The number of nitrogens with zero attached hydrogens (tertiary/aromatic N) is 1. The summed E-state index contributed by atoms with van der Waals surface area (Å²) in [6.07, 6.45) is 1.03. The minimum absolute atomic E-state index is 0.253. The van der Waals surface area contributed by atoms with Gasteiger partial charge in [-0.25, -0.2) is 13.2 Å². The van der Waals surface area contributed by atoms with Gasteiger partial charge in [-0.1, -0.05) is 0 Å². The molecule has 1 saturated heterocycles. The normalized spacial score (nSPS) is 15.6. The third-order valence-electron chi connectivity index (χ3n) is 3.37. The zero-order valence-corrected chi connectivity index (χ0v) is 14.4. The summed E-state index contributed by atoms with van der Waals surface area (Å²) in [5.74, 6) is -0.0117. The number of nitrogens with one attached hydrogen (secondary N) is 3. The zero-order chi connectivity index (χ0) is 17.9. The van der Waals surface area contributed by atoms with Gasteiger partial charge in [-0.05, 0) is 25.1 Å². The van der Waals surface area contributed by atoms with Crippen molar-refractivity contribution < 1.29 is 22.7 Å². The minimum atomic E-state index is -3.48. The van der Waals surface area contributed by atoms with Gasteiger partial charge in [0.1, 0.15) is 11.8 Å². The van der Waals surface area contributed by atoms with Crippen molar-refractivity contribution in [1.82, 2.24) is 10.2 Å². The van der Waals surface area contributed by atoms with Crippen LogP contribution in [0.15, 0.2) is 18.2 Å². The number of urea groups is 1. The number of benzene rings is 1. The van der Waals surface area contributed by atoms with Crippen molar-refractivity contribution in [2.75, 3.05) is 36.5 Å². The van der Waals surface area contributed by atoms with Crippen LogP contribution in [0.2, 0.25) is 0 Å². The Balaban J connectivity index is 2.15. The van der Waals surface area contributed by atoms with Crippen LogP contribution in [0, 0.1) is 0 Å². The molecule has 1 atom stereocenters. The number of amides is 3. The Bertz CT molecular complexity index is 750. The van der Waals surface area contributed by atoms with Crippen molar-refractivity contribution >= 4 is 33.3 Å². The van der Waals surface area contributed by atoms with E-state index in [0.29, 0.717) is 24.5 Å². The number of carbonyl (C=O) groups excluding carboxylic acids is 2. The highest BCUT2D eigenvalue weighted by Crippen LogP contribution is 2.29. The Hall–Kier alpha value is -2.49. The average molecular weight is 356 g/mol. The van der Waals surface area contributed by atoms with E-state index in [1.807, 2.05) is 0 Å². The van der Waals surface area contributed by atoms with E-state index in [4.69, 9.17) is 4.74 Å². The van der Waals surface area contributed by atoms with Gasteiger partial charge in [-0.15, -0.1) is 0 Å². The first-order chi connectivity index (χ1) is 11.2. The Morgan fingerprint density at radius 3 is 2.67 bits per heavy atom. The van der Waals surface area contributed by atoms with Crippen LogP contribution in [0.3, 0.4) is 0 Å². The van der Waals surface area contributed by atoms with Crippen LogP contribution in [0.1, 0.15) is 6.92 Å². The molecule has 10 heteroatoms.